The van der Waals surface area contributed by atoms with Crippen molar-refractivity contribution in [1.29, 1.82) is 0 Å². The van der Waals surface area contributed by atoms with Gasteiger partial charge in [-0.1, -0.05) is 41.4 Å². The minimum Gasteiger partial charge on any atom is -0.490 e. The minimum absolute atomic E-state index is 0.0320. The Kier molecular flexibility index (Phi) is 10.7. The van der Waals surface area contributed by atoms with Gasteiger partial charge in [0, 0.05) is 62.4 Å². The van der Waals surface area contributed by atoms with Crippen molar-refractivity contribution >= 4 is 46.4 Å². The lowest BCUT2D eigenvalue weighted by Crippen LogP contribution is -2.44. The van der Waals surface area contributed by atoms with Crippen molar-refractivity contribution in [2.75, 3.05) is 57.0 Å². The molecule has 236 valence electrons. The Morgan fingerprint density at radius 2 is 1.76 bits per heavy atom. The van der Waals surface area contributed by atoms with Crippen molar-refractivity contribution < 1.29 is 18.7 Å². The van der Waals surface area contributed by atoms with Crippen LogP contribution in [0, 0.1) is 19.7 Å². The monoisotopic (exact) mass is 652 g/mol. The second-order valence-corrected chi connectivity index (χ2v) is 11.7. The maximum atomic E-state index is 14.9. The van der Waals surface area contributed by atoms with E-state index in [0.29, 0.717) is 28.8 Å². The Morgan fingerprint density at radius 1 is 1.00 bits per heavy atom. The topological polar surface area (TPSA) is 91.8 Å². The zero-order valence-corrected chi connectivity index (χ0v) is 26.9. The Hall–Kier alpha value is -3.96. The number of anilines is 3. The van der Waals surface area contributed by atoms with Gasteiger partial charge in [-0.3, -0.25) is 4.79 Å². The molecule has 0 spiro atoms. The molecular formula is C33H35Cl2FN6O3. The summed E-state index contributed by atoms with van der Waals surface area (Å²) in [6.07, 6.45) is 2.15. The molecule has 0 aliphatic carbocycles. The van der Waals surface area contributed by atoms with Gasteiger partial charge in [-0.25, -0.2) is 9.37 Å². The van der Waals surface area contributed by atoms with Gasteiger partial charge in [-0.15, -0.1) is 0 Å². The van der Waals surface area contributed by atoms with Crippen LogP contribution in [-0.4, -0.2) is 72.1 Å². The molecule has 1 saturated heterocycles. The Morgan fingerprint density at radius 3 is 2.47 bits per heavy atom. The maximum absolute atomic E-state index is 14.9. The lowest BCUT2D eigenvalue weighted by molar-refractivity contribution is 0.102. The van der Waals surface area contributed by atoms with Crippen LogP contribution < -0.4 is 20.1 Å². The first kappa shape index (κ1) is 32.4. The van der Waals surface area contributed by atoms with Crippen LogP contribution in [0.25, 0.3) is 0 Å². The van der Waals surface area contributed by atoms with Crippen LogP contribution in [0.1, 0.15) is 27.9 Å². The molecule has 0 radical (unpaired) electrons. The second kappa shape index (κ2) is 14.9. The first-order valence-electron chi connectivity index (χ1n) is 14.6. The van der Waals surface area contributed by atoms with Crippen molar-refractivity contribution in [1.82, 2.24) is 19.8 Å². The summed E-state index contributed by atoms with van der Waals surface area (Å²) in [5.41, 5.74) is 2.96. The SMILES string of the molecule is Cc1cccc(C)c1NC(=O)c1cnc(Nc2ccc(OCCCN3CCN(C)CC3)c(F)c2)nc1Oc1ccc(Cl)c(Cl)c1. The van der Waals surface area contributed by atoms with Gasteiger partial charge in [0.05, 0.1) is 16.7 Å². The number of nitrogens with one attached hydrogen (secondary N) is 2. The molecule has 0 atom stereocenters. The van der Waals surface area contributed by atoms with Crippen LogP contribution in [-0.2, 0) is 0 Å². The van der Waals surface area contributed by atoms with E-state index in [-0.39, 0.29) is 28.2 Å². The number of hydrogen-bond donors (Lipinski definition) is 2. The van der Waals surface area contributed by atoms with Crippen LogP contribution in [0.4, 0.5) is 21.7 Å². The molecule has 4 aromatic rings. The smallest absolute Gasteiger partial charge is 0.262 e. The lowest BCUT2D eigenvalue weighted by atomic mass is 10.1. The van der Waals surface area contributed by atoms with E-state index in [1.165, 1.54) is 18.3 Å². The number of carbonyl (C=O) groups is 1. The number of hydrogen-bond acceptors (Lipinski definition) is 8. The highest BCUT2D eigenvalue weighted by Gasteiger charge is 2.20. The van der Waals surface area contributed by atoms with E-state index in [9.17, 15) is 9.18 Å². The predicted octanol–water partition coefficient (Wildman–Crippen LogP) is 7.34. The van der Waals surface area contributed by atoms with Crippen LogP contribution in [0.15, 0.2) is 60.8 Å². The summed E-state index contributed by atoms with van der Waals surface area (Å²) >= 11 is 12.3. The Balaban J connectivity index is 1.29. The molecular weight excluding hydrogens is 618 g/mol. The number of benzene rings is 3. The molecule has 3 aromatic carbocycles. The first-order valence-corrected chi connectivity index (χ1v) is 15.4. The van der Waals surface area contributed by atoms with Crippen LogP contribution in [0.2, 0.25) is 10.0 Å². The third-order valence-corrected chi connectivity index (χ3v) is 8.22. The molecule has 1 fully saturated rings. The summed E-state index contributed by atoms with van der Waals surface area (Å²) in [4.78, 5) is 26.9. The highest BCUT2D eigenvalue weighted by molar-refractivity contribution is 6.42. The van der Waals surface area contributed by atoms with Gasteiger partial charge in [0.15, 0.2) is 11.6 Å². The molecule has 12 heteroatoms. The minimum atomic E-state index is -0.517. The number of likely N-dealkylation sites (N-methyl/N-ethyl adjacent to an activating group) is 1. The van der Waals surface area contributed by atoms with Gasteiger partial charge in [0.1, 0.15) is 11.3 Å². The van der Waals surface area contributed by atoms with Crippen molar-refractivity contribution in [2.45, 2.75) is 20.3 Å². The number of ether oxygens (including phenoxy) is 2. The summed E-state index contributed by atoms with van der Waals surface area (Å²) in [5, 5.41) is 6.54. The quantitative estimate of drug-likeness (QED) is 0.163. The fraction of sp³-hybridized carbons (Fsp3) is 0.303. The molecule has 2 N–H and O–H groups in total. The summed E-state index contributed by atoms with van der Waals surface area (Å²) < 4.78 is 26.6. The van der Waals surface area contributed by atoms with E-state index in [1.807, 2.05) is 32.0 Å². The highest BCUT2D eigenvalue weighted by atomic mass is 35.5. The number of nitrogens with zero attached hydrogens (tertiary/aromatic N) is 4. The number of piperazine rings is 1. The van der Waals surface area contributed by atoms with E-state index in [4.69, 9.17) is 32.7 Å². The normalized spacial score (nSPS) is 13.8. The second-order valence-electron chi connectivity index (χ2n) is 10.9. The fourth-order valence-corrected chi connectivity index (χ4v) is 5.16. The molecule has 1 aliphatic heterocycles. The molecule has 0 bridgehead atoms. The molecule has 1 aliphatic rings. The van der Waals surface area contributed by atoms with Gasteiger partial charge in [-0.2, -0.15) is 4.98 Å². The molecule has 9 nitrogen and oxygen atoms in total. The van der Waals surface area contributed by atoms with Crippen LogP contribution in [0.3, 0.4) is 0 Å². The predicted molar refractivity (Wildman–Crippen MR) is 176 cm³/mol. The average molecular weight is 654 g/mol. The first-order chi connectivity index (χ1) is 21.7. The van der Waals surface area contributed by atoms with E-state index < -0.39 is 11.7 Å². The van der Waals surface area contributed by atoms with Crippen LogP contribution in [0.5, 0.6) is 17.4 Å². The van der Waals surface area contributed by atoms with Crippen molar-refractivity contribution in [3.05, 3.63) is 93.3 Å². The van der Waals surface area contributed by atoms with Gasteiger partial charge < -0.3 is 29.9 Å². The van der Waals surface area contributed by atoms with Gasteiger partial charge in [0.25, 0.3) is 5.91 Å². The molecule has 45 heavy (non-hydrogen) atoms. The number of amides is 1. The van der Waals surface area contributed by atoms with E-state index in [1.54, 1.807) is 24.3 Å². The van der Waals surface area contributed by atoms with Crippen molar-refractivity contribution in [2.24, 2.45) is 0 Å². The van der Waals surface area contributed by atoms with Gasteiger partial charge >= 0.3 is 0 Å². The molecule has 0 unspecified atom stereocenters. The number of para-hydroxylation sites is 1. The third kappa shape index (κ3) is 8.61. The van der Waals surface area contributed by atoms with E-state index in [2.05, 4.69) is 37.4 Å². The zero-order chi connectivity index (χ0) is 31.9. The number of rotatable bonds is 11. The number of aromatic nitrogens is 2. The molecule has 5 rings (SSSR count). The summed E-state index contributed by atoms with van der Waals surface area (Å²) in [5.74, 6) is -0.438. The summed E-state index contributed by atoms with van der Waals surface area (Å²) in [6, 6.07) is 15.0. The largest absolute Gasteiger partial charge is 0.490 e. The number of halogens is 3. The van der Waals surface area contributed by atoms with Crippen molar-refractivity contribution in [3.63, 3.8) is 0 Å². The summed E-state index contributed by atoms with van der Waals surface area (Å²) in [7, 11) is 2.13. The third-order valence-electron chi connectivity index (χ3n) is 7.48. The van der Waals surface area contributed by atoms with Gasteiger partial charge in [0.2, 0.25) is 11.8 Å². The summed E-state index contributed by atoms with van der Waals surface area (Å²) in [6.45, 7) is 9.32. The lowest BCUT2D eigenvalue weighted by Gasteiger charge is -2.32. The average Bonchev–Trinajstić information content (AvgIpc) is 3.01. The molecule has 1 aromatic heterocycles. The van der Waals surface area contributed by atoms with E-state index >= 15 is 0 Å². The number of aryl methyl sites for hydroxylation is 2. The Labute approximate surface area is 272 Å². The Bertz CT molecular complexity index is 1650. The molecule has 1 amide bonds. The van der Waals surface area contributed by atoms with E-state index in [0.717, 1.165) is 50.3 Å². The van der Waals surface area contributed by atoms with Gasteiger partial charge in [-0.05, 0) is 62.7 Å². The maximum Gasteiger partial charge on any atom is 0.262 e. The fourth-order valence-electron chi connectivity index (χ4n) is 4.87. The standard InChI is InChI=1S/C33H35Cl2FN6O3/c1-21-6-4-7-22(2)30(21)39-31(43)25-20-37-33(40-32(25)45-24-9-10-26(34)27(35)19-24)38-23-8-11-29(28(36)18-23)44-17-5-12-42-15-13-41(3)14-16-42/h4,6-11,18-20H,5,12-17H2,1-3H3,(H,39,43)(H,37,38,40). The highest BCUT2D eigenvalue weighted by Crippen LogP contribution is 2.32. The van der Waals surface area contributed by atoms with Crippen LogP contribution >= 0.6 is 23.2 Å². The number of carbonyl (C=O) groups excluding carboxylic acids is 1. The molecule has 0 saturated carbocycles. The van der Waals surface area contributed by atoms with Crippen molar-refractivity contribution in [3.8, 4) is 17.4 Å². The molecule has 2 heterocycles. The zero-order valence-electron chi connectivity index (χ0n) is 25.4.